The van der Waals surface area contributed by atoms with Crippen molar-refractivity contribution in [2.75, 3.05) is 0 Å². The summed E-state index contributed by atoms with van der Waals surface area (Å²) in [5.74, 6) is -0.707. The number of halogens is 1. The zero-order valence-electron chi connectivity index (χ0n) is 14.6. The molecule has 140 valence electrons. The van der Waals surface area contributed by atoms with E-state index in [-0.39, 0.29) is 10.5 Å². The van der Waals surface area contributed by atoms with E-state index in [4.69, 9.17) is 11.6 Å². The van der Waals surface area contributed by atoms with Crippen molar-refractivity contribution >= 4 is 27.5 Å². The number of carbonyl (C=O) groups excluding carboxylic acids is 1. The van der Waals surface area contributed by atoms with Gasteiger partial charge in [0.05, 0.1) is 28.9 Å². The average Bonchev–Trinajstić information content (AvgIpc) is 3.05. The van der Waals surface area contributed by atoms with Crippen LogP contribution in [-0.4, -0.2) is 24.1 Å². The van der Waals surface area contributed by atoms with Crippen LogP contribution in [0.25, 0.3) is 0 Å². The highest BCUT2D eigenvalue weighted by Crippen LogP contribution is 2.16. The van der Waals surface area contributed by atoms with E-state index in [0.717, 1.165) is 5.56 Å². The number of carbonyl (C=O) groups is 1. The van der Waals surface area contributed by atoms with Crippen molar-refractivity contribution < 1.29 is 13.2 Å². The van der Waals surface area contributed by atoms with Crippen LogP contribution < -0.4 is 4.72 Å². The molecule has 1 N–H and O–H groups in total. The molecular formula is C19H18ClN3O3S. The van der Waals surface area contributed by atoms with Crippen molar-refractivity contribution in [1.29, 1.82) is 0 Å². The van der Waals surface area contributed by atoms with Crippen LogP contribution in [0.1, 0.15) is 28.5 Å². The SMILES string of the molecule is CCc1c(C(=O)NS(=O)(=O)c2ccc(Cl)cc2)cnn1Cc1ccccc1. The second-order valence-corrected chi connectivity index (χ2v) is 8.01. The molecule has 0 saturated heterocycles. The fourth-order valence-electron chi connectivity index (χ4n) is 2.72. The van der Waals surface area contributed by atoms with E-state index in [1.807, 2.05) is 37.3 Å². The molecule has 3 rings (SSSR count). The van der Waals surface area contributed by atoms with Crippen molar-refractivity contribution in [2.45, 2.75) is 24.8 Å². The van der Waals surface area contributed by atoms with Crippen molar-refractivity contribution in [3.63, 3.8) is 0 Å². The Kier molecular flexibility index (Phi) is 5.62. The summed E-state index contributed by atoms with van der Waals surface area (Å²) >= 11 is 5.78. The number of rotatable bonds is 6. The van der Waals surface area contributed by atoms with Gasteiger partial charge in [0.1, 0.15) is 0 Å². The van der Waals surface area contributed by atoms with Gasteiger partial charge in [-0.15, -0.1) is 0 Å². The minimum absolute atomic E-state index is 0.0324. The molecule has 0 atom stereocenters. The van der Waals surface area contributed by atoms with Gasteiger partial charge in [-0.3, -0.25) is 9.48 Å². The topological polar surface area (TPSA) is 81.1 Å². The molecule has 0 aliphatic carbocycles. The van der Waals surface area contributed by atoms with Crippen molar-refractivity contribution in [2.24, 2.45) is 0 Å². The molecule has 2 aromatic carbocycles. The maximum atomic E-state index is 12.6. The smallest absolute Gasteiger partial charge is 0.268 e. The molecule has 1 amide bonds. The Balaban J connectivity index is 1.83. The minimum atomic E-state index is -3.99. The van der Waals surface area contributed by atoms with E-state index in [9.17, 15) is 13.2 Å². The van der Waals surface area contributed by atoms with E-state index < -0.39 is 15.9 Å². The summed E-state index contributed by atoms with van der Waals surface area (Å²) in [7, 11) is -3.99. The molecule has 3 aromatic rings. The third-order valence-electron chi connectivity index (χ3n) is 4.05. The molecule has 1 heterocycles. The summed E-state index contributed by atoms with van der Waals surface area (Å²) in [6.45, 7) is 2.39. The van der Waals surface area contributed by atoms with Crippen LogP contribution in [0.3, 0.4) is 0 Å². The molecule has 0 unspecified atom stereocenters. The number of nitrogens with zero attached hydrogens (tertiary/aromatic N) is 2. The van der Waals surface area contributed by atoms with Crippen molar-refractivity contribution in [3.8, 4) is 0 Å². The standard InChI is InChI=1S/C19H18ClN3O3S/c1-2-18-17(12-21-23(18)13-14-6-4-3-5-7-14)19(24)22-27(25,26)16-10-8-15(20)9-11-16/h3-12H,2,13H2,1H3,(H,22,24). The van der Waals surface area contributed by atoms with Crippen LogP contribution in [0.4, 0.5) is 0 Å². The lowest BCUT2D eigenvalue weighted by Gasteiger charge is -2.09. The molecular weight excluding hydrogens is 386 g/mol. The number of hydrogen-bond acceptors (Lipinski definition) is 4. The largest absolute Gasteiger partial charge is 0.268 e. The zero-order chi connectivity index (χ0) is 19.4. The first kappa shape index (κ1) is 19.1. The molecule has 0 saturated carbocycles. The summed E-state index contributed by atoms with van der Waals surface area (Å²) in [6.07, 6.45) is 1.94. The maximum absolute atomic E-state index is 12.6. The van der Waals surface area contributed by atoms with Crippen LogP contribution in [0, 0.1) is 0 Å². The predicted molar refractivity (Wildman–Crippen MR) is 103 cm³/mol. The molecule has 0 fully saturated rings. The number of hydrogen-bond donors (Lipinski definition) is 1. The number of sulfonamides is 1. The molecule has 27 heavy (non-hydrogen) atoms. The molecule has 0 bridgehead atoms. The Labute approximate surface area is 162 Å². The van der Waals surface area contributed by atoms with Gasteiger partial charge in [-0.2, -0.15) is 5.10 Å². The highest BCUT2D eigenvalue weighted by Gasteiger charge is 2.22. The summed E-state index contributed by atoms with van der Waals surface area (Å²) < 4.78 is 28.6. The van der Waals surface area contributed by atoms with Gasteiger partial charge in [0.25, 0.3) is 15.9 Å². The lowest BCUT2D eigenvalue weighted by Crippen LogP contribution is -2.31. The van der Waals surface area contributed by atoms with Gasteiger partial charge < -0.3 is 0 Å². The number of amides is 1. The molecule has 0 radical (unpaired) electrons. The van der Waals surface area contributed by atoms with Crippen LogP contribution in [0.15, 0.2) is 65.7 Å². The second kappa shape index (κ2) is 7.94. The number of benzene rings is 2. The summed E-state index contributed by atoms with van der Waals surface area (Å²) in [4.78, 5) is 12.5. The van der Waals surface area contributed by atoms with E-state index in [2.05, 4.69) is 9.82 Å². The highest BCUT2D eigenvalue weighted by atomic mass is 35.5. The molecule has 1 aromatic heterocycles. The van der Waals surface area contributed by atoms with Gasteiger partial charge in [0.15, 0.2) is 0 Å². The fourth-order valence-corrected chi connectivity index (χ4v) is 3.81. The van der Waals surface area contributed by atoms with E-state index in [0.29, 0.717) is 23.7 Å². The lowest BCUT2D eigenvalue weighted by atomic mass is 10.2. The Hall–Kier alpha value is -2.64. The highest BCUT2D eigenvalue weighted by molar-refractivity contribution is 7.90. The molecule has 0 aliphatic heterocycles. The fraction of sp³-hybridized carbons (Fsp3) is 0.158. The first-order valence-electron chi connectivity index (χ1n) is 8.32. The monoisotopic (exact) mass is 403 g/mol. The van der Waals surface area contributed by atoms with Gasteiger partial charge >= 0.3 is 0 Å². The van der Waals surface area contributed by atoms with Crippen LogP contribution in [-0.2, 0) is 23.0 Å². The van der Waals surface area contributed by atoms with Crippen molar-refractivity contribution in [1.82, 2.24) is 14.5 Å². The van der Waals surface area contributed by atoms with Gasteiger partial charge in [0.2, 0.25) is 0 Å². The quantitative estimate of drug-likeness (QED) is 0.684. The van der Waals surface area contributed by atoms with Crippen LogP contribution >= 0.6 is 11.6 Å². The average molecular weight is 404 g/mol. The Morgan fingerprint density at radius 3 is 2.41 bits per heavy atom. The van der Waals surface area contributed by atoms with Crippen LogP contribution in [0.5, 0.6) is 0 Å². The first-order valence-corrected chi connectivity index (χ1v) is 10.2. The van der Waals surface area contributed by atoms with Gasteiger partial charge in [-0.1, -0.05) is 48.9 Å². The van der Waals surface area contributed by atoms with E-state index in [1.165, 1.54) is 30.5 Å². The Morgan fingerprint density at radius 1 is 1.11 bits per heavy atom. The molecule has 0 spiro atoms. The normalized spacial score (nSPS) is 11.3. The lowest BCUT2D eigenvalue weighted by molar-refractivity contribution is 0.0980. The third-order valence-corrected chi connectivity index (χ3v) is 5.65. The predicted octanol–water partition coefficient (Wildman–Crippen LogP) is 3.27. The van der Waals surface area contributed by atoms with Crippen molar-refractivity contribution in [3.05, 3.63) is 82.6 Å². The Bertz CT molecular complexity index is 1050. The van der Waals surface area contributed by atoms with Gasteiger partial charge in [-0.05, 0) is 36.2 Å². The third kappa shape index (κ3) is 4.37. The number of aromatic nitrogens is 2. The molecule has 6 nitrogen and oxygen atoms in total. The summed E-state index contributed by atoms with van der Waals surface area (Å²) in [6, 6.07) is 15.3. The van der Waals surface area contributed by atoms with Crippen LogP contribution in [0.2, 0.25) is 5.02 Å². The summed E-state index contributed by atoms with van der Waals surface area (Å²) in [5, 5.41) is 4.67. The molecule has 8 heteroatoms. The summed E-state index contributed by atoms with van der Waals surface area (Å²) in [5.41, 5.74) is 1.95. The first-order chi connectivity index (χ1) is 12.9. The van der Waals surface area contributed by atoms with Gasteiger partial charge in [-0.25, -0.2) is 13.1 Å². The minimum Gasteiger partial charge on any atom is -0.268 e. The Morgan fingerprint density at radius 2 is 1.78 bits per heavy atom. The second-order valence-electron chi connectivity index (χ2n) is 5.89. The zero-order valence-corrected chi connectivity index (χ0v) is 16.2. The van der Waals surface area contributed by atoms with Gasteiger partial charge in [0, 0.05) is 5.02 Å². The maximum Gasteiger partial charge on any atom is 0.268 e. The van der Waals surface area contributed by atoms with E-state index >= 15 is 0 Å². The number of nitrogens with one attached hydrogen (secondary N) is 1. The molecule has 0 aliphatic rings. The van der Waals surface area contributed by atoms with E-state index in [1.54, 1.807) is 4.68 Å².